The predicted molar refractivity (Wildman–Crippen MR) is 81.9 cm³/mol. The van der Waals surface area contributed by atoms with E-state index in [4.69, 9.17) is 4.42 Å². The maximum atomic E-state index is 12.2. The molecule has 0 saturated carbocycles. The van der Waals surface area contributed by atoms with E-state index in [-0.39, 0.29) is 28.6 Å². The normalized spacial score (nSPS) is 11.2. The van der Waals surface area contributed by atoms with Crippen molar-refractivity contribution < 1.29 is 27.2 Å². The van der Waals surface area contributed by atoms with Crippen molar-refractivity contribution in [2.75, 3.05) is 20.2 Å². The summed E-state index contributed by atoms with van der Waals surface area (Å²) in [5.41, 5.74) is 0. The number of furan rings is 1. The minimum Gasteiger partial charge on any atom is -0.465 e. The van der Waals surface area contributed by atoms with Crippen molar-refractivity contribution in [1.29, 1.82) is 0 Å². The van der Waals surface area contributed by atoms with Gasteiger partial charge in [0.1, 0.15) is 9.77 Å². The highest BCUT2D eigenvalue weighted by atomic mass is 32.2. The van der Waals surface area contributed by atoms with Gasteiger partial charge in [0.05, 0.1) is 13.4 Å². The molecular weight excluding hydrogens is 344 g/mol. The lowest BCUT2D eigenvalue weighted by Gasteiger charge is -2.07. The molecule has 1 amide bonds. The first-order chi connectivity index (χ1) is 11.0. The number of esters is 1. The van der Waals surface area contributed by atoms with Crippen molar-refractivity contribution in [3.05, 3.63) is 40.5 Å². The largest absolute Gasteiger partial charge is 0.465 e. The second-order valence-corrected chi connectivity index (χ2v) is 6.89. The first-order valence-electron chi connectivity index (χ1n) is 6.43. The molecule has 0 spiro atoms. The zero-order valence-corrected chi connectivity index (χ0v) is 13.7. The third kappa shape index (κ3) is 4.18. The number of sulfonamides is 1. The summed E-state index contributed by atoms with van der Waals surface area (Å²) in [6.45, 7) is 0.0295. The Hall–Kier alpha value is -2.17. The molecule has 0 radical (unpaired) electrons. The Morgan fingerprint density at radius 3 is 2.74 bits per heavy atom. The van der Waals surface area contributed by atoms with Crippen LogP contribution in [-0.4, -0.2) is 40.5 Å². The van der Waals surface area contributed by atoms with Gasteiger partial charge in [0.2, 0.25) is 10.0 Å². The van der Waals surface area contributed by atoms with Crippen LogP contribution in [0.1, 0.15) is 20.2 Å². The zero-order chi connectivity index (χ0) is 16.9. The molecule has 8 nitrogen and oxygen atoms in total. The van der Waals surface area contributed by atoms with E-state index < -0.39 is 21.9 Å². The number of hydrogen-bond donors (Lipinski definition) is 2. The number of carbonyl (C=O) groups excluding carboxylic acids is 2. The van der Waals surface area contributed by atoms with E-state index in [9.17, 15) is 18.0 Å². The maximum Gasteiger partial charge on any atom is 0.349 e. The summed E-state index contributed by atoms with van der Waals surface area (Å²) in [6, 6.07) is 4.39. The topological polar surface area (TPSA) is 115 Å². The molecule has 2 aromatic rings. The second-order valence-electron chi connectivity index (χ2n) is 4.24. The van der Waals surface area contributed by atoms with Crippen molar-refractivity contribution in [2.24, 2.45) is 0 Å². The molecule has 2 aromatic heterocycles. The maximum absolute atomic E-state index is 12.2. The molecule has 2 rings (SSSR count). The highest BCUT2D eigenvalue weighted by Crippen LogP contribution is 2.22. The van der Waals surface area contributed by atoms with E-state index in [1.54, 1.807) is 6.07 Å². The van der Waals surface area contributed by atoms with Crippen LogP contribution < -0.4 is 10.0 Å². The number of amides is 1. The van der Waals surface area contributed by atoms with Gasteiger partial charge in [-0.3, -0.25) is 4.79 Å². The average Bonchev–Trinajstić information content (AvgIpc) is 3.21. The molecule has 0 aliphatic carbocycles. The number of methoxy groups -OCH3 is 1. The van der Waals surface area contributed by atoms with Crippen LogP contribution in [0.2, 0.25) is 0 Å². The smallest absolute Gasteiger partial charge is 0.349 e. The molecule has 10 heteroatoms. The fraction of sp³-hybridized carbons (Fsp3) is 0.231. The van der Waals surface area contributed by atoms with E-state index in [0.717, 1.165) is 11.3 Å². The van der Waals surface area contributed by atoms with E-state index in [1.807, 2.05) is 0 Å². The van der Waals surface area contributed by atoms with Gasteiger partial charge in [-0.15, -0.1) is 11.3 Å². The molecule has 23 heavy (non-hydrogen) atoms. The number of ether oxygens (including phenoxy) is 1. The average molecular weight is 358 g/mol. The molecule has 0 atom stereocenters. The van der Waals surface area contributed by atoms with Gasteiger partial charge in [-0.1, -0.05) is 0 Å². The summed E-state index contributed by atoms with van der Waals surface area (Å²) in [5, 5.41) is 3.99. The van der Waals surface area contributed by atoms with Gasteiger partial charge in [-0.2, -0.15) is 0 Å². The number of hydrogen-bond acceptors (Lipinski definition) is 7. The van der Waals surface area contributed by atoms with E-state index in [1.165, 1.54) is 30.9 Å². The van der Waals surface area contributed by atoms with Crippen LogP contribution in [0.4, 0.5) is 0 Å². The van der Waals surface area contributed by atoms with Crippen molar-refractivity contribution in [2.45, 2.75) is 4.90 Å². The van der Waals surface area contributed by atoms with E-state index in [2.05, 4.69) is 14.8 Å². The Bertz CT molecular complexity index is 779. The van der Waals surface area contributed by atoms with Gasteiger partial charge in [0, 0.05) is 13.1 Å². The summed E-state index contributed by atoms with van der Waals surface area (Å²) >= 11 is 0.976. The van der Waals surface area contributed by atoms with Crippen LogP contribution in [-0.2, 0) is 14.8 Å². The SMILES string of the molecule is COC(=O)c1sccc1S(=O)(=O)NCCNC(=O)c1ccco1. The summed E-state index contributed by atoms with van der Waals surface area (Å²) in [5.74, 6) is -1.02. The standard InChI is InChI=1S/C13H14N2O6S2/c1-20-13(17)11-10(4-8-22-11)23(18,19)15-6-5-14-12(16)9-3-2-7-21-9/h2-4,7-8,15H,5-6H2,1H3,(H,14,16). The van der Waals surface area contributed by atoms with Gasteiger partial charge in [0.25, 0.3) is 5.91 Å². The van der Waals surface area contributed by atoms with Crippen molar-refractivity contribution in [1.82, 2.24) is 10.0 Å². The van der Waals surface area contributed by atoms with Crippen LogP contribution in [0.5, 0.6) is 0 Å². The highest BCUT2D eigenvalue weighted by Gasteiger charge is 2.24. The van der Waals surface area contributed by atoms with Crippen LogP contribution >= 0.6 is 11.3 Å². The molecule has 0 saturated heterocycles. The fourth-order valence-corrected chi connectivity index (χ4v) is 4.05. The highest BCUT2D eigenvalue weighted by molar-refractivity contribution is 7.89. The third-order valence-electron chi connectivity index (χ3n) is 2.74. The van der Waals surface area contributed by atoms with Crippen LogP contribution in [0.25, 0.3) is 0 Å². The summed E-state index contributed by atoms with van der Waals surface area (Å²) < 4.78 is 36.1. The Labute approximate surface area is 136 Å². The van der Waals surface area contributed by atoms with E-state index >= 15 is 0 Å². The van der Waals surface area contributed by atoms with Gasteiger partial charge < -0.3 is 14.5 Å². The molecule has 0 aliphatic rings. The van der Waals surface area contributed by atoms with Gasteiger partial charge in [0.15, 0.2) is 5.76 Å². The minimum absolute atomic E-state index is 0.000351. The molecule has 124 valence electrons. The first kappa shape index (κ1) is 17.2. The lowest BCUT2D eigenvalue weighted by molar-refractivity contribution is 0.0602. The van der Waals surface area contributed by atoms with E-state index in [0.29, 0.717) is 0 Å². The lowest BCUT2D eigenvalue weighted by atomic mass is 10.4. The van der Waals surface area contributed by atoms with Crippen LogP contribution in [0.15, 0.2) is 39.2 Å². The third-order valence-corrected chi connectivity index (χ3v) is 5.26. The fourth-order valence-electron chi connectivity index (χ4n) is 1.68. The van der Waals surface area contributed by atoms with Gasteiger partial charge >= 0.3 is 5.97 Å². The molecule has 0 bridgehead atoms. The Balaban J connectivity index is 1.91. The number of nitrogens with one attached hydrogen (secondary N) is 2. The summed E-state index contributed by atoms with van der Waals surface area (Å²) in [6.07, 6.45) is 1.36. The Morgan fingerprint density at radius 2 is 2.09 bits per heavy atom. The van der Waals surface area contributed by atoms with Gasteiger partial charge in [-0.05, 0) is 23.6 Å². The molecule has 2 N–H and O–H groups in total. The number of rotatable bonds is 7. The van der Waals surface area contributed by atoms with Crippen molar-refractivity contribution in [3.8, 4) is 0 Å². The van der Waals surface area contributed by atoms with Crippen molar-refractivity contribution >= 4 is 33.2 Å². The Morgan fingerprint density at radius 1 is 1.30 bits per heavy atom. The van der Waals surface area contributed by atoms with Crippen LogP contribution in [0, 0.1) is 0 Å². The van der Waals surface area contributed by atoms with Gasteiger partial charge in [-0.25, -0.2) is 17.9 Å². The molecule has 0 aliphatic heterocycles. The number of thiophene rings is 1. The summed E-state index contributed by atoms with van der Waals surface area (Å²) in [7, 11) is -2.69. The first-order valence-corrected chi connectivity index (χ1v) is 8.79. The predicted octanol–water partition coefficient (Wildman–Crippen LogP) is 0.836. The Kier molecular flexibility index (Phi) is 5.53. The van der Waals surface area contributed by atoms with Crippen LogP contribution in [0.3, 0.4) is 0 Å². The van der Waals surface area contributed by atoms with Crippen molar-refractivity contribution in [3.63, 3.8) is 0 Å². The quantitative estimate of drug-likeness (QED) is 0.560. The molecule has 0 unspecified atom stereocenters. The molecule has 0 fully saturated rings. The zero-order valence-electron chi connectivity index (χ0n) is 12.1. The molecule has 2 heterocycles. The molecule has 0 aromatic carbocycles. The second kappa shape index (κ2) is 7.40. The monoisotopic (exact) mass is 358 g/mol. The minimum atomic E-state index is -3.87. The lowest BCUT2D eigenvalue weighted by Crippen LogP contribution is -2.34. The molecular formula is C13H14N2O6S2. The number of carbonyl (C=O) groups is 2. The summed E-state index contributed by atoms with van der Waals surface area (Å²) in [4.78, 5) is 23.0.